The van der Waals surface area contributed by atoms with Crippen molar-refractivity contribution in [3.63, 3.8) is 0 Å². The fourth-order valence-corrected chi connectivity index (χ4v) is 4.81. The summed E-state index contributed by atoms with van der Waals surface area (Å²) in [6, 6.07) is 2.13. The first-order valence-electron chi connectivity index (χ1n) is 6.16. The average Bonchev–Trinajstić information content (AvgIpc) is 2.82. The highest BCUT2D eigenvalue weighted by Crippen LogP contribution is 2.33. The summed E-state index contributed by atoms with van der Waals surface area (Å²) in [5, 5.41) is 0. The highest BCUT2D eigenvalue weighted by molar-refractivity contribution is 7.98. The van der Waals surface area contributed by atoms with Crippen LogP contribution in [0.3, 0.4) is 0 Å². The van der Waals surface area contributed by atoms with E-state index in [9.17, 15) is 4.79 Å². The molecule has 0 radical (unpaired) electrons. The second kappa shape index (κ2) is 5.12. The number of Topliss-reactive ketones (excluding diaryl/α,β-unsaturated/α-hetero) is 1. The lowest BCUT2D eigenvalue weighted by Crippen LogP contribution is -2.24. The minimum Gasteiger partial charge on any atom is -0.381 e. The molecule has 1 aromatic heterocycles. The molecule has 0 saturated carbocycles. The zero-order chi connectivity index (χ0) is 11.7. The van der Waals surface area contributed by atoms with Crippen molar-refractivity contribution in [2.45, 2.75) is 25.0 Å². The predicted molar refractivity (Wildman–Crippen MR) is 72.1 cm³/mol. The molecule has 3 rings (SSSR count). The van der Waals surface area contributed by atoms with Crippen molar-refractivity contribution in [1.29, 1.82) is 0 Å². The lowest BCUT2D eigenvalue weighted by Gasteiger charge is -2.20. The maximum atomic E-state index is 12.3. The van der Waals surface area contributed by atoms with Gasteiger partial charge in [0.15, 0.2) is 5.78 Å². The Labute approximate surface area is 110 Å². The smallest absolute Gasteiger partial charge is 0.178 e. The van der Waals surface area contributed by atoms with Crippen molar-refractivity contribution in [2.75, 3.05) is 19.0 Å². The van der Waals surface area contributed by atoms with Gasteiger partial charge in [0.25, 0.3) is 0 Å². The Morgan fingerprint density at radius 1 is 1.47 bits per heavy atom. The molecule has 2 aliphatic heterocycles. The van der Waals surface area contributed by atoms with Crippen LogP contribution in [0.4, 0.5) is 0 Å². The second-order valence-corrected chi connectivity index (χ2v) is 6.88. The number of hydrogen-bond donors (Lipinski definition) is 0. The van der Waals surface area contributed by atoms with Crippen LogP contribution in [0, 0.1) is 5.92 Å². The average molecular weight is 268 g/mol. The van der Waals surface area contributed by atoms with Crippen molar-refractivity contribution >= 4 is 28.9 Å². The fourth-order valence-electron chi connectivity index (χ4n) is 2.42. The molecule has 92 valence electrons. The van der Waals surface area contributed by atoms with Crippen LogP contribution in [0.15, 0.2) is 6.07 Å². The van der Waals surface area contributed by atoms with Gasteiger partial charge in [-0.2, -0.15) is 11.8 Å². The number of aryl methyl sites for hydroxylation is 1. The van der Waals surface area contributed by atoms with Crippen LogP contribution >= 0.6 is 23.1 Å². The number of ketones is 1. The molecule has 0 amide bonds. The molecule has 1 saturated heterocycles. The molecule has 0 aliphatic carbocycles. The zero-order valence-corrected chi connectivity index (χ0v) is 11.4. The van der Waals surface area contributed by atoms with Gasteiger partial charge in [0, 0.05) is 23.2 Å². The summed E-state index contributed by atoms with van der Waals surface area (Å²) in [6.45, 7) is 1.44. The van der Waals surface area contributed by atoms with Gasteiger partial charge in [-0.15, -0.1) is 11.3 Å². The summed E-state index contributed by atoms with van der Waals surface area (Å²) in [5.41, 5.74) is 1.39. The number of thioether (sulfide) groups is 1. The maximum absolute atomic E-state index is 12.3. The highest BCUT2D eigenvalue weighted by Gasteiger charge is 2.26. The monoisotopic (exact) mass is 268 g/mol. The molecule has 17 heavy (non-hydrogen) atoms. The van der Waals surface area contributed by atoms with Gasteiger partial charge in [-0.3, -0.25) is 4.79 Å². The maximum Gasteiger partial charge on any atom is 0.178 e. The molecular formula is C13H16O2S2. The van der Waals surface area contributed by atoms with Crippen molar-refractivity contribution < 1.29 is 9.53 Å². The Kier molecular flexibility index (Phi) is 3.54. The Hall–Kier alpha value is -0.320. The first-order valence-corrected chi connectivity index (χ1v) is 8.13. The Morgan fingerprint density at radius 3 is 3.18 bits per heavy atom. The number of ether oxygens (including phenoxy) is 1. The number of hydrogen-bond acceptors (Lipinski definition) is 4. The molecule has 0 bridgehead atoms. The van der Waals surface area contributed by atoms with Crippen LogP contribution in [0.2, 0.25) is 0 Å². The van der Waals surface area contributed by atoms with Gasteiger partial charge >= 0.3 is 0 Å². The van der Waals surface area contributed by atoms with Crippen molar-refractivity contribution in [3.05, 3.63) is 21.4 Å². The second-order valence-electron chi connectivity index (χ2n) is 4.64. The van der Waals surface area contributed by atoms with E-state index in [4.69, 9.17) is 4.74 Å². The molecular weight excluding hydrogens is 252 g/mol. The van der Waals surface area contributed by atoms with Crippen molar-refractivity contribution in [1.82, 2.24) is 0 Å². The Morgan fingerprint density at radius 2 is 2.41 bits per heavy atom. The summed E-state index contributed by atoms with van der Waals surface area (Å²) in [6.07, 6.45) is 3.16. The van der Waals surface area contributed by atoms with E-state index in [-0.39, 0.29) is 5.92 Å². The Bertz CT molecular complexity index is 396. The number of carbonyl (C=O) groups is 1. The lowest BCUT2D eigenvalue weighted by atomic mass is 9.96. The number of carbonyl (C=O) groups excluding carboxylic acids is 1. The lowest BCUT2D eigenvalue weighted by molar-refractivity contribution is 0.0464. The first kappa shape index (κ1) is 11.8. The molecule has 1 unspecified atom stereocenters. The topological polar surface area (TPSA) is 26.3 Å². The van der Waals surface area contributed by atoms with Crippen LogP contribution in [0.5, 0.6) is 0 Å². The van der Waals surface area contributed by atoms with E-state index in [1.54, 1.807) is 11.3 Å². The third kappa shape index (κ3) is 2.44. The van der Waals surface area contributed by atoms with Gasteiger partial charge in [-0.1, -0.05) is 0 Å². The van der Waals surface area contributed by atoms with Gasteiger partial charge in [-0.05, 0) is 36.6 Å². The largest absolute Gasteiger partial charge is 0.381 e. The molecule has 1 fully saturated rings. The quantitative estimate of drug-likeness (QED) is 0.771. The fraction of sp³-hybridized carbons (Fsp3) is 0.615. The van der Waals surface area contributed by atoms with Gasteiger partial charge in [0.1, 0.15) is 0 Å². The Balaban J connectivity index is 1.78. The van der Waals surface area contributed by atoms with Crippen LogP contribution < -0.4 is 0 Å². The van der Waals surface area contributed by atoms with E-state index in [0.29, 0.717) is 12.4 Å². The predicted octanol–water partition coefficient (Wildman–Crippen LogP) is 3.15. The van der Waals surface area contributed by atoms with Gasteiger partial charge in [-0.25, -0.2) is 0 Å². The van der Waals surface area contributed by atoms with E-state index in [1.165, 1.54) is 16.2 Å². The zero-order valence-electron chi connectivity index (χ0n) is 9.74. The molecule has 1 atom stereocenters. The third-order valence-electron chi connectivity index (χ3n) is 3.40. The number of fused-ring (bicyclic) bond motifs is 1. The normalized spacial score (nSPS) is 24.4. The van der Waals surface area contributed by atoms with E-state index < -0.39 is 0 Å². The van der Waals surface area contributed by atoms with Gasteiger partial charge in [0.05, 0.1) is 11.5 Å². The molecule has 2 aliphatic rings. The summed E-state index contributed by atoms with van der Waals surface area (Å²) in [7, 11) is 0. The van der Waals surface area contributed by atoms with Gasteiger partial charge < -0.3 is 4.74 Å². The van der Waals surface area contributed by atoms with Crippen LogP contribution in [-0.2, 0) is 16.9 Å². The van der Waals surface area contributed by atoms with E-state index in [1.807, 2.05) is 11.8 Å². The van der Waals surface area contributed by atoms with Crippen molar-refractivity contribution in [3.8, 4) is 0 Å². The minimum atomic E-state index is 0.108. The standard InChI is InChI=1S/C13H16O2S2/c14-13(9-2-1-4-15-7-9)12-6-10-8-16-5-3-11(10)17-12/h6,9H,1-5,7-8H2. The third-order valence-corrected chi connectivity index (χ3v) is 5.66. The molecule has 1 aromatic rings. The number of thiophene rings is 1. The summed E-state index contributed by atoms with van der Waals surface area (Å²) < 4.78 is 5.41. The van der Waals surface area contributed by atoms with Crippen LogP contribution in [0.1, 0.15) is 33.0 Å². The van der Waals surface area contributed by atoms with E-state index in [2.05, 4.69) is 6.07 Å². The van der Waals surface area contributed by atoms with Crippen molar-refractivity contribution in [2.24, 2.45) is 5.92 Å². The summed E-state index contributed by atoms with van der Waals surface area (Å²) >= 11 is 3.69. The molecule has 4 heteroatoms. The van der Waals surface area contributed by atoms with Crippen LogP contribution in [0.25, 0.3) is 0 Å². The summed E-state index contributed by atoms with van der Waals surface area (Å²) in [4.78, 5) is 14.7. The molecule has 2 nitrogen and oxygen atoms in total. The minimum absolute atomic E-state index is 0.108. The highest BCUT2D eigenvalue weighted by atomic mass is 32.2. The van der Waals surface area contributed by atoms with E-state index >= 15 is 0 Å². The molecule has 3 heterocycles. The molecule has 0 aromatic carbocycles. The number of rotatable bonds is 2. The summed E-state index contributed by atoms with van der Waals surface area (Å²) in [5.74, 6) is 2.71. The van der Waals surface area contributed by atoms with Gasteiger partial charge in [0.2, 0.25) is 0 Å². The first-order chi connectivity index (χ1) is 8.34. The SMILES string of the molecule is O=C(c1cc2c(s1)CCSC2)C1CCCOC1. The molecule has 0 spiro atoms. The van der Waals surface area contributed by atoms with E-state index in [0.717, 1.165) is 36.5 Å². The molecule has 0 N–H and O–H groups in total. The van der Waals surface area contributed by atoms with Crippen LogP contribution in [-0.4, -0.2) is 24.7 Å².